The lowest BCUT2D eigenvalue weighted by Crippen LogP contribution is -2.36. The number of amides is 1. The predicted molar refractivity (Wildman–Crippen MR) is 112 cm³/mol. The van der Waals surface area contributed by atoms with Gasteiger partial charge in [0, 0.05) is 25.1 Å². The number of benzene rings is 1. The largest absolute Gasteiger partial charge is 0.486 e. The number of carbonyl (C=O) groups excluding carboxylic acids is 1. The Morgan fingerprint density at radius 1 is 1.30 bits per heavy atom. The van der Waals surface area contributed by atoms with E-state index in [1.807, 2.05) is 24.3 Å². The fraction of sp³-hybridized carbons (Fsp3) is 0.333. The number of nitrogens with one attached hydrogen (secondary N) is 1. The van der Waals surface area contributed by atoms with Crippen molar-refractivity contribution < 1.29 is 9.53 Å². The van der Waals surface area contributed by atoms with E-state index in [2.05, 4.69) is 15.3 Å². The van der Waals surface area contributed by atoms with Gasteiger partial charge in [-0.3, -0.25) is 14.7 Å². The van der Waals surface area contributed by atoms with Gasteiger partial charge in [-0.1, -0.05) is 23.7 Å². The van der Waals surface area contributed by atoms with Gasteiger partial charge in [0.15, 0.2) is 0 Å². The molecular weight excluding hydrogens is 406 g/mol. The van der Waals surface area contributed by atoms with E-state index in [1.165, 1.54) is 10.7 Å². The molecule has 0 aliphatic carbocycles. The van der Waals surface area contributed by atoms with Crippen molar-refractivity contribution in [2.24, 2.45) is 0 Å². The van der Waals surface area contributed by atoms with Crippen LogP contribution in [-0.4, -0.2) is 43.9 Å². The normalized spacial score (nSPS) is 16.1. The van der Waals surface area contributed by atoms with Gasteiger partial charge >= 0.3 is 0 Å². The molecule has 0 bridgehead atoms. The highest BCUT2D eigenvalue weighted by Gasteiger charge is 2.29. The highest BCUT2D eigenvalue weighted by atomic mass is 35.5. The minimum Gasteiger partial charge on any atom is -0.486 e. The zero-order valence-corrected chi connectivity index (χ0v) is 17.3. The summed E-state index contributed by atoms with van der Waals surface area (Å²) in [5, 5.41) is 12.1. The number of likely N-dealkylation sites (tertiary alicyclic amines) is 1. The number of hydrogen-bond donors (Lipinski definition) is 1. The van der Waals surface area contributed by atoms with Crippen LogP contribution >= 0.6 is 11.6 Å². The molecule has 1 aliphatic heterocycles. The van der Waals surface area contributed by atoms with Gasteiger partial charge in [-0.25, -0.2) is 4.68 Å². The van der Waals surface area contributed by atoms with Crippen molar-refractivity contribution in [3.8, 4) is 5.75 Å². The molecule has 2 aromatic heterocycles. The molecule has 3 heterocycles. The number of rotatable bonds is 6. The minimum atomic E-state index is -0.278. The number of nitrogens with zero attached hydrogens (tertiary/aromatic N) is 4. The molecule has 1 amide bonds. The second-order valence-corrected chi connectivity index (χ2v) is 7.74. The smallest absolute Gasteiger partial charge is 0.267 e. The van der Waals surface area contributed by atoms with E-state index in [0.717, 1.165) is 17.8 Å². The molecule has 0 saturated carbocycles. The predicted octanol–water partition coefficient (Wildman–Crippen LogP) is 2.52. The van der Waals surface area contributed by atoms with Crippen LogP contribution in [-0.2, 0) is 17.9 Å². The number of aromatic amines is 1. The molecule has 30 heavy (non-hydrogen) atoms. The lowest BCUT2D eigenvalue weighted by molar-refractivity contribution is -0.131. The highest BCUT2D eigenvalue weighted by molar-refractivity contribution is 6.32. The first-order chi connectivity index (χ1) is 14.5. The minimum absolute atomic E-state index is 0.0509. The third-order valence-corrected chi connectivity index (χ3v) is 5.43. The molecule has 1 atom stereocenters. The average Bonchev–Trinajstić information content (AvgIpc) is 3.39. The topological polar surface area (TPSA) is 93.1 Å². The molecule has 4 rings (SSSR count). The first-order valence-corrected chi connectivity index (χ1v) is 10.1. The molecule has 3 aromatic rings. The maximum atomic E-state index is 12.6. The molecule has 0 spiro atoms. The average molecular weight is 428 g/mol. The van der Waals surface area contributed by atoms with Gasteiger partial charge in [-0.15, -0.1) is 0 Å². The maximum Gasteiger partial charge on any atom is 0.267 e. The summed E-state index contributed by atoms with van der Waals surface area (Å²) in [4.78, 5) is 26.3. The Bertz CT molecular complexity index is 1110. The number of para-hydroxylation sites is 1. The van der Waals surface area contributed by atoms with Gasteiger partial charge < -0.3 is 9.64 Å². The summed E-state index contributed by atoms with van der Waals surface area (Å²) in [5.74, 6) is 0.643. The first kappa shape index (κ1) is 20.2. The van der Waals surface area contributed by atoms with Crippen molar-refractivity contribution in [1.82, 2.24) is 24.9 Å². The number of ether oxygens (including phenoxy) is 1. The van der Waals surface area contributed by atoms with Crippen LogP contribution in [0.15, 0.2) is 47.3 Å². The number of hydrogen-bond acceptors (Lipinski definition) is 5. The molecule has 1 saturated heterocycles. The van der Waals surface area contributed by atoms with Gasteiger partial charge in [-0.05, 0) is 37.6 Å². The van der Waals surface area contributed by atoms with Gasteiger partial charge in [-0.2, -0.15) is 10.2 Å². The Hall–Kier alpha value is -3.13. The molecule has 0 unspecified atom stereocenters. The van der Waals surface area contributed by atoms with Crippen molar-refractivity contribution in [2.75, 3.05) is 13.1 Å². The summed E-state index contributed by atoms with van der Waals surface area (Å²) in [5.41, 5.74) is 2.16. The third-order valence-electron chi connectivity index (χ3n) is 5.11. The van der Waals surface area contributed by atoms with E-state index in [0.29, 0.717) is 36.2 Å². The summed E-state index contributed by atoms with van der Waals surface area (Å²) in [6.45, 7) is 3.26. The Kier molecular flexibility index (Phi) is 5.85. The monoisotopic (exact) mass is 427 g/mol. The van der Waals surface area contributed by atoms with E-state index in [9.17, 15) is 9.59 Å². The van der Waals surface area contributed by atoms with Crippen LogP contribution < -0.4 is 10.3 Å². The van der Waals surface area contributed by atoms with Gasteiger partial charge in [0.1, 0.15) is 18.9 Å². The molecule has 1 N–H and O–H groups in total. The summed E-state index contributed by atoms with van der Waals surface area (Å²) < 4.78 is 6.95. The van der Waals surface area contributed by atoms with Gasteiger partial charge in [0.25, 0.3) is 5.56 Å². The van der Waals surface area contributed by atoms with Crippen LogP contribution in [0, 0.1) is 6.92 Å². The summed E-state index contributed by atoms with van der Waals surface area (Å²) in [6.07, 6.45) is 0.817. The van der Waals surface area contributed by atoms with E-state index in [1.54, 1.807) is 24.0 Å². The van der Waals surface area contributed by atoms with Crippen molar-refractivity contribution >= 4 is 17.5 Å². The van der Waals surface area contributed by atoms with Gasteiger partial charge in [0.2, 0.25) is 5.91 Å². The summed E-state index contributed by atoms with van der Waals surface area (Å²) >= 11 is 6.11. The lowest BCUT2D eigenvalue weighted by atomic mass is 10.1. The van der Waals surface area contributed by atoms with Crippen LogP contribution in [0.4, 0.5) is 0 Å². The fourth-order valence-corrected chi connectivity index (χ4v) is 3.69. The standard InChI is InChI=1S/C21H22ClN5O3/c1-14-6-7-20(28)27(25-14)12-21(29)26-9-8-15(11-26)18-10-16(23-24-18)13-30-19-5-3-2-4-17(19)22/h2-7,10,15H,8-9,11-13H2,1H3,(H,23,24)/t15-/m1/s1. The van der Waals surface area contributed by atoms with Gasteiger partial charge in [0.05, 0.1) is 22.1 Å². The summed E-state index contributed by atoms with van der Waals surface area (Å²) in [6, 6.07) is 12.3. The van der Waals surface area contributed by atoms with Crippen LogP contribution in [0.2, 0.25) is 5.02 Å². The molecule has 1 aliphatic rings. The van der Waals surface area contributed by atoms with Crippen molar-refractivity contribution in [1.29, 1.82) is 0 Å². The molecule has 1 fully saturated rings. The third kappa shape index (κ3) is 4.54. The number of H-pyrrole nitrogens is 1. The van der Waals surface area contributed by atoms with Crippen LogP contribution in [0.1, 0.15) is 29.4 Å². The Morgan fingerprint density at radius 3 is 2.97 bits per heavy atom. The van der Waals surface area contributed by atoms with E-state index in [4.69, 9.17) is 16.3 Å². The van der Waals surface area contributed by atoms with E-state index < -0.39 is 0 Å². The number of carbonyl (C=O) groups is 1. The SMILES string of the molecule is Cc1ccc(=O)n(CC(=O)N2CC[C@@H](c3cc(COc4ccccc4Cl)[nH]n3)C2)n1. The quantitative estimate of drug-likeness (QED) is 0.652. The second-order valence-electron chi connectivity index (χ2n) is 7.33. The molecular formula is C21H22ClN5O3. The van der Waals surface area contributed by atoms with Crippen LogP contribution in [0.25, 0.3) is 0 Å². The fourth-order valence-electron chi connectivity index (χ4n) is 3.50. The van der Waals surface area contributed by atoms with Crippen molar-refractivity contribution in [3.63, 3.8) is 0 Å². The van der Waals surface area contributed by atoms with Crippen molar-refractivity contribution in [2.45, 2.75) is 32.4 Å². The first-order valence-electron chi connectivity index (χ1n) is 9.73. The molecule has 8 nitrogen and oxygen atoms in total. The Morgan fingerprint density at radius 2 is 2.13 bits per heavy atom. The Balaban J connectivity index is 1.34. The zero-order chi connectivity index (χ0) is 21.1. The summed E-state index contributed by atoms with van der Waals surface area (Å²) in [7, 11) is 0. The number of aromatic nitrogens is 4. The molecule has 156 valence electrons. The van der Waals surface area contributed by atoms with Crippen molar-refractivity contribution in [3.05, 3.63) is 74.9 Å². The Labute approximate surface area is 178 Å². The van der Waals surface area contributed by atoms with E-state index in [-0.39, 0.29) is 23.9 Å². The van der Waals surface area contributed by atoms with E-state index >= 15 is 0 Å². The lowest BCUT2D eigenvalue weighted by Gasteiger charge is -2.16. The molecule has 0 radical (unpaired) electrons. The molecule has 1 aromatic carbocycles. The highest BCUT2D eigenvalue weighted by Crippen LogP contribution is 2.27. The second kappa shape index (κ2) is 8.71. The zero-order valence-electron chi connectivity index (χ0n) is 16.5. The molecule has 9 heteroatoms. The van der Waals surface area contributed by atoms with Crippen LogP contribution in [0.3, 0.4) is 0 Å². The van der Waals surface area contributed by atoms with Crippen LogP contribution in [0.5, 0.6) is 5.75 Å². The maximum absolute atomic E-state index is 12.6. The number of aryl methyl sites for hydroxylation is 1. The number of halogens is 1.